The number of hydrogen-bond donors (Lipinski definition) is 2. The zero-order valence-electron chi connectivity index (χ0n) is 16.4. The summed E-state index contributed by atoms with van der Waals surface area (Å²) in [5.41, 5.74) is 0.201. The molecule has 0 aliphatic rings. The Morgan fingerprint density at radius 1 is 1.22 bits per heavy atom. The van der Waals surface area contributed by atoms with E-state index in [4.69, 9.17) is 4.74 Å². The highest BCUT2D eigenvalue weighted by Gasteiger charge is 2.19. The van der Waals surface area contributed by atoms with Crippen molar-refractivity contribution in [2.45, 2.75) is 47.1 Å². The monoisotopic (exact) mass is 442 g/mol. The minimum absolute atomic E-state index is 0. The summed E-state index contributed by atoms with van der Waals surface area (Å²) in [6.45, 7) is 14.6. The summed E-state index contributed by atoms with van der Waals surface area (Å²) in [6, 6.07) is 0. The summed E-state index contributed by atoms with van der Waals surface area (Å²) in [4.78, 5) is 6.51. The van der Waals surface area contributed by atoms with Crippen LogP contribution in [0.1, 0.15) is 41.0 Å². The van der Waals surface area contributed by atoms with Gasteiger partial charge >= 0.3 is 0 Å². The number of aliphatic imine (C=N–C) groups is 1. The van der Waals surface area contributed by atoms with Crippen LogP contribution in [-0.4, -0.2) is 64.3 Å². The van der Waals surface area contributed by atoms with Crippen LogP contribution in [0.3, 0.4) is 0 Å². The molecule has 0 aromatic rings. The Bertz CT molecular complexity index is 320. The SMILES string of the molecule is CCOC(CCNC(=NC)NCC(C)(C)CN(C)C)C(C)C.I. The lowest BCUT2D eigenvalue weighted by Gasteiger charge is -2.29. The predicted molar refractivity (Wildman–Crippen MR) is 112 cm³/mol. The molecule has 0 bridgehead atoms. The lowest BCUT2D eigenvalue weighted by molar-refractivity contribution is 0.0258. The molecule has 1 unspecified atom stereocenters. The van der Waals surface area contributed by atoms with Gasteiger partial charge in [-0.1, -0.05) is 27.7 Å². The Hall–Kier alpha value is -0.0800. The average Bonchev–Trinajstić information content (AvgIpc) is 2.39. The molecule has 0 radical (unpaired) electrons. The Morgan fingerprint density at radius 2 is 1.83 bits per heavy atom. The van der Waals surface area contributed by atoms with E-state index >= 15 is 0 Å². The van der Waals surface area contributed by atoms with E-state index in [1.807, 2.05) is 7.05 Å². The highest BCUT2D eigenvalue weighted by Crippen LogP contribution is 2.14. The lowest BCUT2D eigenvalue weighted by atomic mass is 9.93. The van der Waals surface area contributed by atoms with Crippen LogP contribution in [0, 0.1) is 11.3 Å². The van der Waals surface area contributed by atoms with Crippen LogP contribution in [0.25, 0.3) is 0 Å². The summed E-state index contributed by atoms with van der Waals surface area (Å²) < 4.78 is 5.77. The fourth-order valence-corrected chi connectivity index (χ4v) is 2.61. The first-order valence-corrected chi connectivity index (χ1v) is 8.42. The van der Waals surface area contributed by atoms with Crippen LogP contribution in [0.4, 0.5) is 0 Å². The van der Waals surface area contributed by atoms with Crippen molar-refractivity contribution < 1.29 is 4.74 Å². The van der Waals surface area contributed by atoms with Crippen LogP contribution < -0.4 is 10.6 Å². The Morgan fingerprint density at radius 3 is 2.26 bits per heavy atom. The van der Waals surface area contributed by atoms with Crippen molar-refractivity contribution in [3.63, 3.8) is 0 Å². The third kappa shape index (κ3) is 12.9. The maximum Gasteiger partial charge on any atom is 0.190 e. The molecule has 5 nitrogen and oxygen atoms in total. The summed E-state index contributed by atoms with van der Waals surface area (Å²) in [5, 5.41) is 6.81. The molecule has 0 fully saturated rings. The smallest absolute Gasteiger partial charge is 0.190 e. The summed E-state index contributed by atoms with van der Waals surface area (Å²) in [7, 11) is 6.03. The first-order valence-electron chi connectivity index (χ1n) is 8.42. The second-order valence-corrected chi connectivity index (χ2v) is 7.28. The van der Waals surface area contributed by atoms with Gasteiger partial charge < -0.3 is 20.3 Å². The van der Waals surface area contributed by atoms with Gasteiger partial charge in [0.05, 0.1) is 6.10 Å². The minimum Gasteiger partial charge on any atom is -0.378 e. The predicted octanol–water partition coefficient (Wildman–Crippen LogP) is 2.81. The van der Waals surface area contributed by atoms with Gasteiger partial charge in [-0.2, -0.15) is 0 Å². The zero-order valence-corrected chi connectivity index (χ0v) is 18.7. The lowest BCUT2D eigenvalue weighted by Crippen LogP contribution is -2.45. The van der Waals surface area contributed by atoms with E-state index < -0.39 is 0 Å². The molecule has 0 rings (SSSR count). The van der Waals surface area contributed by atoms with Crippen molar-refractivity contribution in [1.82, 2.24) is 15.5 Å². The third-order valence-corrected chi connectivity index (χ3v) is 3.55. The molecule has 6 heteroatoms. The van der Waals surface area contributed by atoms with Crippen LogP contribution in [-0.2, 0) is 4.74 Å². The summed E-state index contributed by atoms with van der Waals surface area (Å²) in [6.07, 6.45) is 1.30. The molecule has 0 aromatic heterocycles. The number of ether oxygens (including phenoxy) is 1. The van der Waals surface area contributed by atoms with E-state index in [0.29, 0.717) is 12.0 Å². The van der Waals surface area contributed by atoms with E-state index in [0.717, 1.165) is 38.6 Å². The molecule has 0 amide bonds. The largest absolute Gasteiger partial charge is 0.378 e. The molecule has 0 aromatic carbocycles. The number of nitrogens with one attached hydrogen (secondary N) is 2. The van der Waals surface area contributed by atoms with Gasteiger partial charge in [0.15, 0.2) is 5.96 Å². The van der Waals surface area contributed by atoms with Crippen LogP contribution in [0.15, 0.2) is 4.99 Å². The van der Waals surface area contributed by atoms with Crippen molar-refractivity contribution in [3.8, 4) is 0 Å². The molecule has 1 atom stereocenters. The van der Waals surface area contributed by atoms with Crippen LogP contribution >= 0.6 is 24.0 Å². The quantitative estimate of drug-likeness (QED) is 0.310. The standard InChI is InChI=1S/C17H38N4O.HI/c1-9-22-15(14(2)3)10-11-19-16(18-6)20-12-17(4,5)13-21(7)8;/h14-15H,9-13H2,1-8H3,(H2,18,19,20);1H. The molecule has 140 valence electrons. The molecule has 0 aliphatic heterocycles. The number of rotatable bonds is 10. The van der Waals surface area contributed by atoms with Crippen molar-refractivity contribution in [2.75, 3.05) is 47.4 Å². The number of halogens is 1. The summed E-state index contributed by atoms with van der Waals surface area (Å²) >= 11 is 0. The Labute approximate surface area is 161 Å². The van der Waals surface area contributed by atoms with E-state index in [-0.39, 0.29) is 29.4 Å². The molecule has 0 saturated carbocycles. The maximum absolute atomic E-state index is 5.77. The normalized spacial score (nSPS) is 13.9. The van der Waals surface area contributed by atoms with E-state index in [1.54, 1.807) is 0 Å². The first kappa shape index (κ1) is 25.2. The van der Waals surface area contributed by atoms with Crippen LogP contribution in [0.2, 0.25) is 0 Å². The summed E-state index contributed by atoms with van der Waals surface area (Å²) in [5.74, 6) is 1.40. The molecular formula is C17H39IN4O. The van der Waals surface area contributed by atoms with Gasteiger partial charge in [-0.25, -0.2) is 0 Å². The van der Waals surface area contributed by atoms with E-state index in [1.165, 1.54) is 0 Å². The van der Waals surface area contributed by atoms with Crippen molar-refractivity contribution in [3.05, 3.63) is 0 Å². The molecule has 2 N–H and O–H groups in total. The van der Waals surface area contributed by atoms with E-state index in [9.17, 15) is 0 Å². The molecule has 0 aliphatic carbocycles. The first-order chi connectivity index (χ1) is 10.2. The Kier molecular flexibility index (Phi) is 14.5. The second kappa shape index (κ2) is 13.2. The molecule has 23 heavy (non-hydrogen) atoms. The van der Waals surface area contributed by atoms with Gasteiger partial charge in [0.2, 0.25) is 0 Å². The molecular weight excluding hydrogens is 403 g/mol. The maximum atomic E-state index is 5.77. The topological polar surface area (TPSA) is 48.9 Å². The fourth-order valence-electron chi connectivity index (χ4n) is 2.61. The van der Waals surface area contributed by atoms with Gasteiger partial charge in [-0.3, -0.25) is 4.99 Å². The molecule has 0 spiro atoms. The third-order valence-electron chi connectivity index (χ3n) is 3.55. The minimum atomic E-state index is 0. The number of nitrogens with zero attached hydrogens (tertiary/aromatic N) is 2. The van der Waals surface area contributed by atoms with Gasteiger partial charge in [0, 0.05) is 33.3 Å². The second-order valence-electron chi connectivity index (χ2n) is 7.28. The van der Waals surface area contributed by atoms with Crippen molar-refractivity contribution >= 4 is 29.9 Å². The van der Waals surface area contributed by atoms with Gasteiger partial charge in [0.1, 0.15) is 0 Å². The number of guanidine groups is 1. The van der Waals surface area contributed by atoms with Crippen molar-refractivity contribution in [2.24, 2.45) is 16.3 Å². The zero-order chi connectivity index (χ0) is 17.2. The van der Waals surface area contributed by atoms with Gasteiger partial charge in [-0.05, 0) is 38.8 Å². The Balaban J connectivity index is 0. The average molecular weight is 442 g/mol. The highest BCUT2D eigenvalue weighted by molar-refractivity contribution is 14.0. The van der Waals surface area contributed by atoms with Gasteiger partial charge in [0.25, 0.3) is 0 Å². The van der Waals surface area contributed by atoms with Gasteiger partial charge in [-0.15, -0.1) is 24.0 Å². The fraction of sp³-hybridized carbons (Fsp3) is 0.941. The van der Waals surface area contributed by atoms with Crippen LogP contribution in [0.5, 0.6) is 0 Å². The number of hydrogen-bond acceptors (Lipinski definition) is 3. The highest BCUT2D eigenvalue weighted by atomic mass is 127. The molecule has 0 heterocycles. The molecule has 0 saturated heterocycles. The van der Waals surface area contributed by atoms with Crippen molar-refractivity contribution in [1.29, 1.82) is 0 Å². The van der Waals surface area contributed by atoms with E-state index in [2.05, 4.69) is 69.2 Å².